The van der Waals surface area contributed by atoms with E-state index in [9.17, 15) is 9.59 Å². The fourth-order valence-electron chi connectivity index (χ4n) is 4.88. The van der Waals surface area contributed by atoms with E-state index in [0.717, 1.165) is 23.2 Å². The fourth-order valence-corrected chi connectivity index (χ4v) is 4.88. The summed E-state index contributed by atoms with van der Waals surface area (Å²) in [5.74, 6) is -0.577. The van der Waals surface area contributed by atoms with E-state index in [1.54, 1.807) is 7.11 Å². The normalized spacial score (nSPS) is 23.5. The minimum atomic E-state index is -0.637. The molecular weight excluding hydrogens is 414 g/mol. The molecule has 0 amide bonds. The number of benzene rings is 2. The Bertz CT molecular complexity index is 1100. The molecule has 2 aromatic rings. The number of esters is 1. The van der Waals surface area contributed by atoms with Gasteiger partial charge in [0.15, 0.2) is 5.78 Å². The van der Waals surface area contributed by atoms with Crippen molar-refractivity contribution >= 4 is 17.5 Å². The van der Waals surface area contributed by atoms with Crippen molar-refractivity contribution in [3.8, 4) is 5.75 Å². The maximum Gasteiger partial charge on any atom is 0.315 e. The third-order valence-corrected chi connectivity index (χ3v) is 6.76. The standard InChI is InChI=1S/C28H31NO4/c1-5-17(2)33-28(31)25-18(3)29-23-15-21(19-10-7-6-8-11-19)16-24(30)27(23)26(25)20-12-9-13-22(14-20)32-4/h6-14,17,21,25-26H,5,15-16H2,1-4H3/t17-,21+,25?,26-/m0/s1. The zero-order chi connectivity index (χ0) is 23.5. The van der Waals surface area contributed by atoms with E-state index in [0.29, 0.717) is 29.9 Å². The first-order valence-corrected chi connectivity index (χ1v) is 11.6. The Morgan fingerprint density at radius 2 is 1.82 bits per heavy atom. The van der Waals surface area contributed by atoms with Crippen molar-refractivity contribution in [2.75, 3.05) is 7.11 Å². The average Bonchev–Trinajstić information content (AvgIpc) is 2.83. The van der Waals surface area contributed by atoms with Crippen LogP contribution in [0.3, 0.4) is 0 Å². The number of methoxy groups -OCH3 is 1. The lowest BCUT2D eigenvalue weighted by Gasteiger charge is -2.37. The summed E-state index contributed by atoms with van der Waals surface area (Å²) in [5, 5.41) is 0. The minimum Gasteiger partial charge on any atom is -0.497 e. The van der Waals surface area contributed by atoms with Crippen LogP contribution < -0.4 is 4.74 Å². The number of allylic oxidation sites excluding steroid dienone is 2. The van der Waals surface area contributed by atoms with Crippen molar-refractivity contribution in [3.05, 3.63) is 77.0 Å². The van der Waals surface area contributed by atoms with Gasteiger partial charge in [-0.1, -0.05) is 49.4 Å². The van der Waals surface area contributed by atoms with Crippen LogP contribution in [-0.4, -0.2) is 30.7 Å². The molecule has 0 fully saturated rings. The Kier molecular flexibility index (Phi) is 6.77. The lowest BCUT2D eigenvalue weighted by atomic mass is 9.69. The summed E-state index contributed by atoms with van der Waals surface area (Å²) < 4.78 is 11.2. The van der Waals surface area contributed by atoms with Gasteiger partial charge in [0, 0.05) is 29.3 Å². The molecule has 172 valence electrons. The number of Topliss-reactive ketones (excluding diaryl/α,β-unsaturated/α-hetero) is 1. The van der Waals surface area contributed by atoms with Gasteiger partial charge in [0.2, 0.25) is 0 Å². The van der Waals surface area contributed by atoms with Crippen LogP contribution in [0.15, 0.2) is 70.9 Å². The van der Waals surface area contributed by atoms with E-state index in [4.69, 9.17) is 14.5 Å². The lowest BCUT2D eigenvalue weighted by Crippen LogP contribution is -2.39. The van der Waals surface area contributed by atoms with Crippen molar-refractivity contribution in [3.63, 3.8) is 0 Å². The van der Waals surface area contributed by atoms with Crippen molar-refractivity contribution in [1.82, 2.24) is 0 Å². The van der Waals surface area contributed by atoms with Gasteiger partial charge in [0.25, 0.3) is 0 Å². The van der Waals surface area contributed by atoms with Crippen LogP contribution in [0.5, 0.6) is 5.75 Å². The van der Waals surface area contributed by atoms with Crippen molar-refractivity contribution in [1.29, 1.82) is 0 Å². The highest BCUT2D eigenvalue weighted by Crippen LogP contribution is 2.47. The summed E-state index contributed by atoms with van der Waals surface area (Å²) in [6.07, 6.45) is 1.61. The summed E-state index contributed by atoms with van der Waals surface area (Å²) in [6.45, 7) is 5.74. The molecule has 0 bridgehead atoms. The zero-order valence-corrected chi connectivity index (χ0v) is 19.7. The van der Waals surface area contributed by atoms with Gasteiger partial charge in [0.05, 0.1) is 13.2 Å². The summed E-state index contributed by atoms with van der Waals surface area (Å²) in [5.41, 5.74) is 4.14. The first kappa shape index (κ1) is 23.0. The topological polar surface area (TPSA) is 65.0 Å². The van der Waals surface area contributed by atoms with Gasteiger partial charge in [0.1, 0.15) is 11.7 Å². The molecule has 1 heterocycles. The average molecular weight is 446 g/mol. The Labute approximate surface area is 195 Å². The number of hydrogen-bond acceptors (Lipinski definition) is 5. The van der Waals surface area contributed by atoms with Crippen molar-refractivity contribution < 1.29 is 19.1 Å². The molecule has 0 saturated heterocycles. The van der Waals surface area contributed by atoms with Crippen LogP contribution in [0.2, 0.25) is 0 Å². The smallest absolute Gasteiger partial charge is 0.315 e. The first-order valence-electron chi connectivity index (χ1n) is 11.6. The summed E-state index contributed by atoms with van der Waals surface area (Å²) in [7, 11) is 1.61. The SMILES string of the molecule is CC[C@H](C)OC(=O)C1C(C)=NC2=C(C(=O)C[C@H](c3ccccc3)C2)[C@H]1c1cccc(OC)c1. The molecule has 4 rings (SSSR count). The Balaban J connectivity index is 1.79. The molecule has 1 aliphatic heterocycles. The largest absolute Gasteiger partial charge is 0.497 e. The number of carbonyl (C=O) groups excluding carboxylic acids is 2. The maximum absolute atomic E-state index is 13.6. The third kappa shape index (κ3) is 4.63. The van der Waals surface area contributed by atoms with Crippen LogP contribution in [0.25, 0.3) is 0 Å². The molecule has 2 aliphatic rings. The van der Waals surface area contributed by atoms with Gasteiger partial charge in [-0.25, -0.2) is 0 Å². The van der Waals surface area contributed by atoms with Crippen LogP contribution in [0.4, 0.5) is 0 Å². The van der Waals surface area contributed by atoms with E-state index in [1.165, 1.54) is 0 Å². The highest BCUT2D eigenvalue weighted by atomic mass is 16.5. The van der Waals surface area contributed by atoms with E-state index >= 15 is 0 Å². The second-order valence-corrected chi connectivity index (χ2v) is 8.94. The number of ketones is 1. The molecule has 1 unspecified atom stereocenters. The molecular formula is C28H31NO4. The van der Waals surface area contributed by atoms with Gasteiger partial charge in [-0.15, -0.1) is 0 Å². The number of carbonyl (C=O) groups is 2. The van der Waals surface area contributed by atoms with E-state index < -0.39 is 11.8 Å². The van der Waals surface area contributed by atoms with Crippen LogP contribution in [0, 0.1) is 5.92 Å². The molecule has 5 nitrogen and oxygen atoms in total. The highest BCUT2D eigenvalue weighted by molar-refractivity contribution is 6.09. The maximum atomic E-state index is 13.6. The van der Waals surface area contributed by atoms with Crippen molar-refractivity contribution in [2.24, 2.45) is 10.9 Å². The number of nitrogens with zero attached hydrogens (tertiary/aromatic N) is 1. The van der Waals surface area contributed by atoms with Crippen LogP contribution >= 0.6 is 0 Å². The molecule has 4 atom stereocenters. The third-order valence-electron chi connectivity index (χ3n) is 6.76. The quantitative estimate of drug-likeness (QED) is 0.542. The molecule has 1 aliphatic carbocycles. The Hall–Kier alpha value is -3.21. The molecule has 0 radical (unpaired) electrons. The van der Waals surface area contributed by atoms with E-state index in [-0.39, 0.29) is 23.8 Å². The number of aliphatic imine (C=N–C) groups is 1. The molecule has 0 N–H and O–H groups in total. The summed E-state index contributed by atoms with van der Waals surface area (Å²) in [6, 6.07) is 17.7. The van der Waals surface area contributed by atoms with Crippen LogP contribution in [-0.2, 0) is 14.3 Å². The van der Waals surface area contributed by atoms with Crippen molar-refractivity contribution in [2.45, 2.75) is 58.0 Å². The number of ether oxygens (including phenoxy) is 2. The van der Waals surface area contributed by atoms with E-state index in [1.807, 2.05) is 63.2 Å². The molecule has 0 saturated carbocycles. The van der Waals surface area contributed by atoms with Gasteiger partial charge in [-0.05, 0) is 55.9 Å². The number of rotatable bonds is 6. The molecule has 33 heavy (non-hydrogen) atoms. The second kappa shape index (κ2) is 9.74. The monoisotopic (exact) mass is 445 g/mol. The fraction of sp³-hybridized carbons (Fsp3) is 0.393. The summed E-state index contributed by atoms with van der Waals surface area (Å²) >= 11 is 0. The van der Waals surface area contributed by atoms with Crippen LogP contribution in [0.1, 0.15) is 63.0 Å². The first-order chi connectivity index (χ1) is 15.9. The number of hydrogen-bond donors (Lipinski definition) is 0. The predicted octanol–water partition coefficient (Wildman–Crippen LogP) is 5.61. The molecule has 2 aromatic carbocycles. The second-order valence-electron chi connectivity index (χ2n) is 8.94. The molecule has 0 aromatic heterocycles. The zero-order valence-electron chi connectivity index (χ0n) is 19.7. The predicted molar refractivity (Wildman–Crippen MR) is 129 cm³/mol. The minimum absolute atomic E-state index is 0.0514. The van der Waals surface area contributed by atoms with Gasteiger partial charge >= 0.3 is 5.97 Å². The van der Waals surface area contributed by atoms with Gasteiger partial charge in [-0.3, -0.25) is 14.6 Å². The Morgan fingerprint density at radius 1 is 1.09 bits per heavy atom. The van der Waals surface area contributed by atoms with E-state index in [2.05, 4.69) is 12.1 Å². The van der Waals surface area contributed by atoms with Gasteiger partial charge in [-0.2, -0.15) is 0 Å². The molecule has 5 heteroatoms. The Morgan fingerprint density at radius 3 is 2.52 bits per heavy atom. The summed E-state index contributed by atoms with van der Waals surface area (Å²) in [4.78, 5) is 31.7. The molecule has 0 spiro atoms. The highest BCUT2D eigenvalue weighted by Gasteiger charge is 2.45. The lowest BCUT2D eigenvalue weighted by molar-refractivity contribution is -0.151. The van der Waals surface area contributed by atoms with Gasteiger partial charge < -0.3 is 9.47 Å².